The molecule has 3 saturated heterocycles. The van der Waals surface area contributed by atoms with E-state index in [0.29, 0.717) is 13.1 Å². The van der Waals surface area contributed by atoms with Gasteiger partial charge in [0, 0.05) is 26.2 Å². The molecule has 1 aromatic carbocycles. The number of rotatable bonds is 6. The highest BCUT2D eigenvalue weighted by molar-refractivity contribution is 5.78. The van der Waals surface area contributed by atoms with Crippen molar-refractivity contribution in [1.29, 1.82) is 0 Å². The number of carbonyl (C=O) groups excluding carboxylic acids is 1. The third-order valence-corrected chi connectivity index (χ3v) is 6.45. The first-order chi connectivity index (χ1) is 13.2. The van der Waals surface area contributed by atoms with Gasteiger partial charge >= 0.3 is 0 Å². The fraction of sp³-hybridized carbons (Fsp3) is 0.682. The summed E-state index contributed by atoms with van der Waals surface area (Å²) in [5, 5.41) is 3.10. The summed E-state index contributed by atoms with van der Waals surface area (Å²) in [4.78, 5) is 16.9. The number of benzene rings is 1. The van der Waals surface area contributed by atoms with E-state index in [9.17, 15) is 4.79 Å². The van der Waals surface area contributed by atoms with Gasteiger partial charge in [-0.2, -0.15) is 0 Å². The van der Waals surface area contributed by atoms with E-state index in [1.807, 2.05) is 0 Å². The van der Waals surface area contributed by atoms with E-state index < -0.39 is 0 Å². The van der Waals surface area contributed by atoms with Crippen molar-refractivity contribution >= 4 is 5.91 Å². The zero-order valence-corrected chi connectivity index (χ0v) is 16.4. The Morgan fingerprint density at radius 1 is 1.04 bits per heavy atom. The topological polar surface area (TPSA) is 44.8 Å². The normalized spacial score (nSPS) is 25.9. The smallest absolute Gasteiger partial charge is 0.234 e. The number of piperidine rings is 1. The summed E-state index contributed by atoms with van der Waals surface area (Å²) in [6.07, 6.45) is 7.07. The van der Waals surface area contributed by atoms with Crippen molar-refractivity contribution in [3.8, 4) is 0 Å². The van der Waals surface area contributed by atoms with Crippen molar-refractivity contribution in [3.05, 3.63) is 35.9 Å². The molecule has 148 valence electrons. The predicted molar refractivity (Wildman–Crippen MR) is 106 cm³/mol. The molecule has 3 aliphatic rings. The Labute approximate surface area is 163 Å². The molecule has 4 rings (SSSR count). The molecule has 1 N–H and O–H groups in total. The lowest BCUT2D eigenvalue weighted by molar-refractivity contribution is -0.123. The molecule has 3 fully saturated rings. The van der Waals surface area contributed by atoms with Gasteiger partial charge in [0.1, 0.15) is 0 Å². The van der Waals surface area contributed by atoms with Crippen LogP contribution < -0.4 is 5.32 Å². The van der Waals surface area contributed by atoms with Crippen LogP contribution in [-0.4, -0.2) is 66.7 Å². The summed E-state index contributed by atoms with van der Waals surface area (Å²) in [7, 11) is 0. The molecule has 0 aliphatic carbocycles. The second-order valence-corrected chi connectivity index (χ2v) is 8.51. The fourth-order valence-corrected chi connectivity index (χ4v) is 4.79. The predicted octanol–water partition coefficient (Wildman–Crippen LogP) is 2.41. The number of nitrogens with one attached hydrogen (secondary N) is 1. The summed E-state index contributed by atoms with van der Waals surface area (Å²) in [5.74, 6) is 0.152. The van der Waals surface area contributed by atoms with E-state index in [1.54, 1.807) is 0 Å². The van der Waals surface area contributed by atoms with E-state index in [4.69, 9.17) is 4.74 Å². The molecule has 27 heavy (non-hydrogen) atoms. The Kier molecular flexibility index (Phi) is 6.11. The Morgan fingerprint density at radius 3 is 2.52 bits per heavy atom. The molecule has 5 heteroatoms. The van der Waals surface area contributed by atoms with Gasteiger partial charge in [0.05, 0.1) is 18.2 Å². The molecular weight excluding hydrogens is 338 g/mol. The summed E-state index contributed by atoms with van der Waals surface area (Å²) in [5.41, 5.74) is 1.44. The first kappa shape index (κ1) is 18.9. The van der Waals surface area contributed by atoms with E-state index in [1.165, 1.54) is 18.4 Å². The molecule has 3 heterocycles. The molecule has 1 atom stereocenters. The van der Waals surface area contributed by atoms with Crippen molar-refractivity contribution in [3.63, 3.8) is 0 Å². The first-order valence-corrected chi connectivity index (χ1v) is 10.6. The highest BCUT2D eigenvalue weighted by atomic mass is 16.5. The van der Waals surface area contributed by atoms with Gasteiger partial charge < -0.3 is 10.1 Å². The summed E-state index contributed by atoms with van der Waals surface area (Å²) in [6.45, 7) is 6.58. The lowest BCUT2D eigenvalue weighted by Crippen LogP contribution is -2.45. The molecule has 0 bridgehead atoms. The van der Waals surface area contributed by atoms with Gasteiger partial charge in [0.2, 0.25) is 5.91 Å². The average Bonchev–Trinajstić information content (AvgIpc) is 3.33. The van der Waals surface area contributed by atoms with Crippen LogP contribution in [0.25, 0.3) is 0 Å². The number of ether oxygens (including phenoxy) is 1. The lowest BCUT2D eigenvalue weighted by atomic mass is 9.88. The number of amides is 1. The number of hydrogen-bond donors (Lipinski definition) is 1. The van der Waals surface area contributed by atoms with E-state index in [0.717, 1.165) is 58.4 Å². The number of hydrogen-bond acceptors (Lipinski definition) is 4. The molecule has 1 aromatic rings. The molecule has 0 saturated carbocycles. The summed E-state index contributed by atoms with van der Waals surface area (Å²) < 4.78 is 6.45. The molecule has 0 unspecified atom stereocenters. The van der Waals surface area contributed by atoms with Crippen molar-refractivity contribution in [1.82, 2.24) is 15.1 Å². The van der Waals surface area contributed by atoms with Crippen LogP contribution in [0.15, 0.2) is 30.3 Å². The first-order valence-electron chi connectivity index (χ1n) is 10.6. The van der Waals surface area contributed by atoms with Gasteiger partial charge in [0.25, 0.3) is 0 Å². The third kappa shape index (κ3) is 5.09. The largest absolute Gasteiger partial charge is 0.370 e. The van der Waals surface area contributed by atoms with Crippen molar-refractivity contribution in [2.24, 2.45) is 0 Å². The van der Waals surface area contributed by atoms with Gasteiger partial charge in [-0.1, -0.05) is 30.3 Å². The van der Waals surface area contributed by atoms with Crippen molar-refractivity contribution in [2.75, 3.05) is 39.3 Å². The van der Waals surface area contributed by atoms with Gasteiger partial charge in [-0.15, -0.1) is 0 Å². The van der Waals surface area contributed by atoms with Gasteiger partial charge in [-0.05, 0) is 57.2 Å². The highest BCUT2D eigenvalue weighted by Gasteiger charge is 2.42. The SMILES string of the molecule is O=C(CN1CCCC1)NC[C@H]1CCC2(CCN(Cc3ccccc3)CC2)O1. The van der Waals surface area contributed by atoms with E-state index in [-0.39, 0.29) is 17.6 Å². The van der Waals surface area contributed by atoms with Crippen LogP contribution in [0.5, 0.6) is 0 Å². The highest BCUT2D eigenvalue weighted by Crippen LogP contribution is 2.38. The zero-order valence-electron chi connectivity index (χ0n) is 16.4. The quantitative estimate of drug-likeness (QED) is 0.834. The van der Waals surface area contributed by atoms with Crippen LogP contribution in [0.4, 0.5) is 0 Å². The fourth-order valence-electron chi connectivity index (χ4n) is 4.79. The second kappa shape index (κ2) is 8.72. The minimum absolute atomic E-state index is 0.0531. The molecule has 5 nitrogen and oxygen atoms in total. The number of likely N-dealkylation sites (tertiary alicyclic amines) is 2. The Hall–Kier alpha value is -1.43. The molecule has 1 spiro atoms. The van der Waals surface area contributed by atoms with Gasteiger partial charge in [-0.3, -0.25) is 14.6 Å². The number of nitrogens with zero attached hydrogens (tertiary/aromatic N) is 2. The van der Waals surface area contributed by atoms with Crippen LogP contribution in [0.3, 0.4) is 0 Å². The van der Waals surface area contributed by atoms with Crippen LogP contribution in [0.2, 0.25) is 0 Å². The van der Waals surface area contributed by atoms with Gasteiger partial charge in [0.15, 0.2) is 0 Å². The van der Waals surface area contributed by atoms with Crippen LogP contribution >= 0.6 is 0 Å². The van der Waals surface area contributed by atoms with Crippen molar-refractivity contribution < 1.29 is 9.53 Å². The lowest BCUT2D eigenvalue weighted by Gasteiger charge is -2.39. The maximum atomic E-state index is 12.1. The minimum Gasteiger partial charge on any atom is -0.370 e. The molecule has 1 amide bonds. The monoisotopic (exact) mass is 371 g/mol. The molecular formula is C22H33N3O2. The third-order valence-electron chi connectivity index (χ3n) is 6.45. The van der Waals surface area contributed by atoms with E-state index >= 15 is 0 Å². The second-order valence-electron chi connectivity index (χ2n) is 8.51. The Balaban J connectivity index is 1.17. The maximum absolute atomic E-state index is 12.1. The average molecular weight is 372 g/mol. The summed E-state index contributed by atoms with van der Waals surface area (Å²) in [6, 6.07) is 10.7. The Morgan fingerprint density at radius 2 is 1.78 bits per heavy atom. The Bertz CT molecular complexity index is 607. The van der Waals surface area contributed by atoms with E-state index in [2.05, 4.69) is 45.4 Å². The van der Waals surface area contributed by atoms with Gasteiger partial charge in [-0.25, -0.2) is 0 Å². The summed E-state index contributed by atoms with van der Waals surface area (Å²) >= 11 is 0. The maximum Gasteiger partial charge on any atom is 0.234 e. The van der Waals surface area contributed by atoms with Crippen molar-refractivity contribution in [2.45, 2.75) is 56.8 Å². The molecule has 0 radical (unpaired) electrons. The van der Waals surface area contributed by atoms with Crippen LogP contribution in [0.1, 0.15) is 44.1 Å². The number of carbonyl (C=O) groups is 1. The minimum atomic E-state index is 0.0531. The zero-order chi connectivity index (χ0) is 18.5. The molecule has 0 aromatic heterocycles. The standard InChI is InChI=1S/C22H33N3O2/c26-21(18-24-12-4-5-13-24)23-16-20-8-9-22(27-20)10-14-25(15-11-22)17-19-6-2-1-3-7-19/h1-3,6-7,20H,4-5,8-18H2,(H,23,26)/t20-/m1/s1. The molecule has 3 aliphatic heterocycles. The van der Waals surface area contributed by atoms with Crippen LogP contribution in [-0.2, 0) is 16.1 Å². The van der Waals surface area contributed by atoms with Crippen LogP contribution in [0, 0.1) is 0 Å².